The summed E-state index contributed by atoms with van der Waals surface area (Å²) in [6.07, 6.45) is 2.76. The zero-order chi connectivity index (χ0) is 9.84. The fraction of sp³-hybridized carbons (Fsp3) is 0.273. The van der Waals surface area contributed by atoms with Crippen LogP contribution in [0.5, 0.6) is 0 Å². The van der Waals surface area contributed by atoms with Crippen molar-refractivity contribution in [3.8, 4) is 0 Å². The first-order valence-corrected chi connectivity index (χ1v) is 4.27. The van der Waals surface area contributed by atoms with Gasteiger partial charge in [-0.1, -0.05) is 13.0 Å². The molecule has 1 aromatic carbocycles. The van der Waals surface area contributed by atoms with Crippen molar-refractivity contribution < 1.29 is 8.78 Å². The van der Waals surface area contributed by atoms with Crippen molar-refractivity contribution in [2.75, 3.05) is 0 Å². The van der Waals surface area contributed by atoms with Crippen molar-refractivity contribution in [2.45, 2.75) is 20.3 Å². The third-order valence-electron chi connectivity index (χ3n) is 1.87. The van der Waals surface area contributed by atoms with Crippen LogP contribution in [0.3, 0.4) is 0 Å². The van der Waals surface area contributed by atoms with E-state index >= 15 is 0 Å². The first-order chi connectivity index (χ1) is 6.15. The van der Waals surface area contributed by atoms with E-state index in [0.29, 0.717) is 5.56 Å². The van der Waals surface area contributed by atoms with Crippen molar-refractivity contribution in [3.05, 3.63) is 41.5 Å². The Bertz CT molecular complexity index is 327. The molecule has 0 radical (unpaired) electrons. The highest BCUT2D eigenvalue weighted by molar-refractivity contribution is 5.63. The van der Waals surface area contributed by atoms with Gasteiger partial charge in [-0.25, -0.2) is 8.78 Å². The highest BCUT2D eigenvalue weighted by atomic mass is 19.1. The largest absolute Gasteiger partial charge is 0.207 e. The second-order valence-corrected chi connectivity index (χ2v) is 2.92. The molecular formula is C11H12F2. The van der Waals surface area contributed by atoms with Gasteiger partial charge in [-0.15, -0.1) is 0 Å². The van der Waals surface area contributed by atoms with Gasteiger partial charge in [0.05, 0.1) is 0 Å². The Morgan fingerprint density at radius 1 is 1.38 bits per heavy atom. The second kappa shape index (κ2) is 4.17. The summed E-state index contributed by atoms with van der Waals surface area (Å²) in [5, 5.41) is 0. The lowest BCUT2D eigenvalue weighted by atomic mass is 10.1. The van der Waals surface area contributed by atoms with E-state index in [4.69, 9.17) is 0 Å². The van der Waals surface area contributed by atoms with E-state index in [1.807, 2.05) is 19.9 Å². The fourth-order valence-corrected chi connectivity index (χ4v) is 1.23. The second-order valence-electron chi connectivity index (χ2n) is 2.92. The smallest absolute Gasteiger partial charge is 0.133 e. The highest BCUT2D eigenvalue weighted by Crippen LogP contribution is 2.18. The molecule has 13 heavy (non-hydrogen) atoms. The van der Waals surface area contributed by atoms with Gasteiger partial charge in [-0.05, 0) is 31.1 Å². The van der Waals surface area contributed by atoms with E-state index in [1.165, 1.54) is 12.1 Å². The molecule has 0 fully saturated rings. The standard InChI is InChI=1S/C11H12F2/c1-3-4-8(2)10-6-5-9(12)7-11(10)13/h4-7H,3H2,1-2H3. The van der Waals surface area contributed by atoms with Crippen LogP contribution < -0.4 is 0 Å². The zero-order valence-corrected chi connectivity index (χ0v) is 7.77. The quantitative estimate of drug-likeness (QED) is 0.653. The predicted molar refractivity (Wildman–Crippen MR) is 50.3 cm³/mol. The van der Waals surface area contributed by atoms with Crippen molar-refractivity contribution >= 4 is 5.57 Å². The first-order valence-electron chi connectivity index (χ1n) is 4.27. The number of rotatable bonds is 2. The molecule has 1 rings (SSSR count). The summed E-state index contributed by atoms with van der Waals surface area (Å²) in [6, 6.07) is 3.64. The third-order valence-corrected chi connectivity index (χ3v) is 1.87. The Kier molecular flexibility index (Phi) is 3.18. The summed E-state index contributed by atoms with van der Waals surface area (Å²) in [7, 11) is 0. The van der Waals surface area contributed by atoms with E-state index in [9.17, 15) is 8.78 Å². The van der Waals surface area contributed by atoms with Crippen LogP contribution in [0.4, 0.5) is 8.78 Å². The summed E-state index contributed by atoms with van der Waals surface area (Å²) >= 11 is 0. The van der Waals surface area contributed by atoms with E-state index in [1.54, 1.807) is 0 Å². The monoisotopic (exact) mass is 182 g/mol. The minimum absolute atomic E-state index is 0.475. The number of benzene rings is 1. The molecule has 0 aliphatic carbocycles. The Hall–Kier alpha value is -1.18. The molecule has 0 aliphatic rings. The van der Waals surface area contributed by atoms with E-state index in [0.717, 1.165) is 18.1 Å². The zero-order valence-electron chi connectivity index (χ0n) is 7.77. The highest BCUT2D eigenvalue weighted by Gasteiger charge is 2.04. The molecule has 1 aromatic rings. The molecule has 0 spiro atoms. The molecule has 0 amide bonds. The fourth-order valence-electron chi connectivity index (χ4n) is 1.23. The summed E-state index contributed by atoms with van der Waals surface area (Å²) in [5.41, 5.74) is 1.32. The number of hydrogen-bond acceptors (Lipinski definition) is 0. The average molecular weight is 182 g/mol. The van der Waals surface area contributed by atoms with Crippen LogP contribution in [0.15, 0.2) is 24.3 Å². The van der Waals surface area contributed by atoms with Gasteiger partial charge in [0.1, 0.15) is 11.6 Å². The lowest BCUT2D eigenvalue weighted by Crippen LogP contribution is -1.88. The molecular weight excluding hydrogens is 170 g/mol. The predicted octanol–water partition coefficient (Wildman–Crippen LogP) is 3.78. The summed E-state index contributed by atoms with van der Waals surface area (Å²) in [5.74, 6) is -1.03. The molecule has 0 N–H and O–H groups in total. The topological polar surface area (TPSA) is 0 Å². The Morgan fingerprint density at radius 2 is 2.08 bits per heavy atom. The minimum Gasteiger partial charge on any atom is -0.207 e. The van der Waals surface area contributed by atoms with Crippen molar-refractivity contribution in [3.63, 3.8) is 0 Å². The normalized spacial score (nSPS) is 11.8. The van der Waals surface area contributed by atoms with E-state index in [2.05, 4.69) is 0 Å². The first kappa shape index (κ1) is 9.90. The van der Waals surface area contributed by atoms with Gasteiger partial charge in [0.15, 0.2) is 0 Å². The van der Waals surface area contributed by atoms with Crippen molar-refractivity contribution in [2.24, 2.45) is 0 Å². The van der Waals surface area contributed by atoms with Crippen molar-refractivity contribution in [1.29, 1.82) is 0 Å². The number of hydrogen-bond donors (Lipinski definition) is 0. The van der Waals surface area contributed by atoms with Gasteiger partial charge in [0.2, 0.25) is 0 Å². The van der Waals surface area contributed by atoms with Crippen LogP contribution >= 0.6 is 0 Å². The number of halogens is 2. The minimum atomic E-state index is -0.537. The SMILES string of the molecule is CCC=C(C)c1ccc(F)cc1F. The Morgan fingerprint density at radius 3 is 2.62 bits per heavy atom. The van der Waals surface area contributed by atoms with Crippen LogP contribution in [0, 0.1) is 11.6 Å². The molecule has 70 valence electrons. The van der Waals surface area contributed by atoms with Crippen LogP contribution in [0.25, 0.3) is 5.57 Å². The average Bonchev–Trinajstić information content (AvgIpc) is 2.04. The maximum Gasteiger partial charge on any atom is 0.133 e. The summed E-state index contributed by atoms with van der Waals surface area (Å²) in [4.78, 5) is 0. The maximum atomic E-state index is 13.1. The van der Waals surface area contributed by atoms with Gasteiger partial charge in [-0.3, -0.25) is 0 Å². The van der Waals surface area contributed by atoms with Crippen LogP contribution in [0.1, 0.15) is 25.8 Å². The third kappa shape index (κ3) is 2.38. The molecule has 0 unspecified atom stereocenters. The van der Waals surface area contributed by atoms with Crippen LogP contribution in [0.2, 0.25) is 0 Å². The number of allylic oxidation sites excluding steroid dienone is 2. The lowest BCUT2D eigenvalue weighted by molar-refractivity contribution is 0.581. The molecule has 0 bridgehead atoms. The Labute approximate surface area is 76.9 Å². The molecule has 0 saturated heterocycles. The molecule has 0 heterocycles. The maximum absolute atomic E-state index is 13.1. The summed E-state index contributed by atoms with van der Waals surface area (Å²) in [6.45, 7) is 3.80. The van der Waals surface area contributed by atoms with Gasteiger partial charge < -0.3 is 0 Å². The van der Waals surface area contributed by atoms with E-state index < -0.39 is 11.6 Å². The van der Waals surface area contributed by atoms with Gasteiger partial charge in [0.25, 0.3) is 0 Å². The molecule has 2 heteroatoms. The van der Waals surface area contributed by atoms with Gasteiger partial charge in [-0.2, -0.15) is 0 Å². The summed E-state index contributed by atoms with van der Waals surface area (Å²) < 4.78 is 25.7. The van der Waals surface area contributed by atoms with Gasteiger partial charge >= 0.3 is 0 Å². The molecule has 0 saturated carbocycles. The molecule has 0 nitrogen and oxygen atoms in total. The van der Waals surface area contributed by atoms with Crippen molar-refractivity contribution in [1.82, 2.24) is 0 Å². The van der Waals surface area contributed by atoms with Crippen LogP contribution in [-0.2, 0) is 0 Å². The molecule has 0 aliphatic heterocycles. The Balaban J connectivity index is 3.09. The molecule has 0 aromatic heterocycles. The van der Waals surface area contributed by atoms with Gasteiger partial charge in [0, 0.05) is 11.6 Å². The van der Waals surface area contributed by atoms with E-state index in [-0.39, 0.29) is 0 Å². The van der Waals surface area contributed by atoms with Crippen LogP contribution in [-0.4, -0.2) is 0 Å². The molecule has 0 atom stereocenters. The lowest BCUT2D eigenvalue weighted by Gasteiger charge is -2.02.